The Balaban J connectivity index is 1.57. The summed E-state index contributed by atoms with van der Waals surface area (Å²) in [7, 11) is 0. The zero-order valence-corrected chi connectivity index (χ0v) is 18.1. The molecule has 1 aliphatic heterocycles. The number of phenolic OH excluding ortho intramolecular Hbond substituents is 1. The summed E-state index contributed by atoms with van der Waals surface area (Å²) in [5, 5.41) is 15.9. The van der Waals surface area contributed by atoms with Gasteiger partial charge in [-0.2, -0.15) is 4.99 Å². The van der Waals surface area contributed by atoms with Crippen LogP contribution in [0, 0.1) is 0 Å². The van der Waals surface area contributed by atoms with Crippen LogP contribution >= 0.6 is 23.2 Å². The lowest BCUT2D eigenvalue weighted by Crippen LogP contribution is -2.19. The zero-order valence-electron chi connectivity index (χ0n) is 16.5. The molecule has 3 amide bonds. The predicted molar refractivity (Wildman–Crippen MR) is 125 cm³/mol. The van der Waals surface area contributed by atoms with Crippen LogP contribution in [0.1, 0.15) is 26.3 Å². The summed E-state index contributed by atoms with van der Waals surface area (Å²) in [6, 6.07) is 11.6. The van der Waals surface area contributed by atoms with E-state index < -0.39 is 23.5 Å². The van der Waals surface area contributed by atoms with Crippen molar-refractivity contribution in [3.63, 3.8) is 0 Å². The van der Waals surface area contributed by atoms with Crippen LogP contribution in [0.4, 0.5) is 11.5 Å². The molecule has 1 aliphatic rings. The van der Waals surface area contributed by atoms with E-state index in [4.69, 9.17) is 23.2 Å². The molecule has 0 aliphatic carbocycles. The number of aromatic hydroxyl groups is 1. The van der Waals surface area contributed by atoms with Gasteiger partial charge in [-0.1, -0.05) is 35.3 Å². The van der Waals surface area contributed by atoms with Crippen molar-refractivity contribution in [2.75, 3.05) is 10.6 Å². The molecule has 0 unspecified atom stereocenters. The third-order valence-electron chi connectivity index (χ3n) is 4.52. The number of aromatic nitrogens is 1. The fraction of sp³-hybridized carbons (Fsp3) is 0. The Morgan fingerprint density at radius 3 is 2.30 bits per heavy atom. The number of carbonyl (C=O) groups excluding carboxylic acids is 3. The standard InChI is InChI=1S/C22H13Cl2N5O4/c23-13-5-6-17(25-9-13)28-21(32)15-7-14(24)8-16(30)19(15)29-20(31)12-3-1-11(2-4-12)18-22(33)27-10-26-18/h1-10,30H,(H,29,31)(H,25,28,32). The van der Waals surface area contributed by atoms with Crippen molar-refractivity contribution in [3.8, 4) is 5.75 Å². The van der Waals surface area contributed by atoms with Crippen molar-refractivity contribution in [2.24, 2.45) is 9.98 Å². The average Bonchev–Trinajstić information content (AvgIpc) is 3.22. The molecule has 3 aromatic rings. The van der Waals surface area contributed by atoms with Crippen molar-refractivity contribution >= 4 is 64.5 Å². The third-order valence-corrected chi connectivity index (χ3v) is 4.96. The summed E-state index contributed by atoms with van der Waals surface area (Å²) in [5.41, 5.74) is 0.672. The molecule has 164 valence electrons. The van der Waals surface area contributed by atoms with Crippen molar-refractivity contribution in [3.05, 3.63) is 81.5 Å². The first kappa shape index (κ1) is 22.1. The van der Waals surface area contributed by atoms with E-state index in [1.807, 2.05) is 0 Å². The molecule has 0 spiro atoms. The number of amides is 3. The number of rotatable bonds is 5. The summed E-state index contributed by atoms with van der Waals surface area (Å²) in [6.45, 7) is 0. The molecule has 11 heteroatoms. The summed E-state index contributed by atoms with van der Waals surface area (Å²) in [5.74, 6) is -1.92. The number of hydrogen-bond donors (Lipinski definition) is 3. The lowest BCUT2D eigenvalue weighted by atomic mass is 10.1. The van der Waals surface area contributed by atoms with Crippen LogP contribution in [-0.4, -0.2) is 39.9 Å². The topological polar surface area (TPSA) is 133 Å². The molecule has 4 rings (SSSR count). The monoisotopic (exact) mass is 481 g/mol. The molecule has 9 nitrogen and oxygen atoms in total. The molecule has 0 bridgehead atoms. The Labute approximate surface area is 196 Å². The molecule has 33 heavy (non-hydrogen) atoms. The first-order valence-corrected chi connectivity index (χ1v) is 10.1. The van der Waals surface area contributed by atoms with E-state index in [9.17, 15) is 19.5 Å². The molecule has 0 saturated carbocycles. The van der Waals surface area contributed by atoms with Gasteiger partial charge in [-0.3, -0.25) is 14.4 Å². The van der Waals surface area contributed by atoms with Gasteiger partial charge >= 0.3 is 0 Å². The Hall–Kier alpha value is -4.08. The third kappa shape index (κ3) is 4.89. The van der Waals surface area contributed by atoms with E-state index in [2.05, 4.69) is 25.6 Å². The highest BCUT2D eigenvalue weighted by Gasteiger charge is 2.21. The molecule has 1 aromatic heterocycles. The SMILES string of the molecule is O=C1N=CN=C1c1ccc(C(=O)Nc2c(O)cc(Cl)cc2C(=O)Nc2ccc(Cl)cn2)cc1. The van der Waals surface area contributed by atoms with Crippen LogP contribution in [0.25, 0.3) is 0 Å². The highest BCUT2D eigenvalue weighted by Crippen LogP contribution is 2.32. The van der Waals surface area contributed by atoms with Crippen LogP contribution < -0.4 is 10.6 Å². The van der Waals surface area contributed by atoms with Crippen LogP contribution in [0.15, 0.2) is 64.7 Å². The first-order chi connectivity index (χ1) is 15.8. The quantitative estimate of drug-likeness (QED) is 0.474. The molecule has 0 atom stereocenters. The van der Waals surface area contributed by atoms with Crippen LogP contribution in [0.2, 0.25) is 10.0 Å². The smallest absolute Gasteiger partial charge is 0.297 e. The summed E-state index contributed by atoms with van der Waals surface area (Å²) < 4.78 is 0. The minimum absolute atomic E-state index is 0.0789. The lowest BCUT2D eigenvalue weighted by Gasteiger charge is -2.14. The molecule has 3 N–H and O–H groups in total. The summed E-state index contributed by atoms with van der Waals surface area (Å²) in [6.07, 6.45) is 2.52. The highest BCUT2D eigenvalue weighted by molar-refractivity contribution is 6.49. The van der Waals surface area contributed by atoms with Gasteiger partial charge in [0.1, 0.15) is 23.6 Å². The van der Waals surface area contributed by atoms with E-state index >= 15 is 0 Å². The molecule has 0 saturated heterocycles. The molecule has 2 heterocycles. The second-order valence-corrected chi connectivity index (χ2v) is 7.60. The van der Waals surface area contributed by atoms with E-state index in [1.54, 1.807) is 18.2 Å². The highest BCUT2D eigenvalue weighted by atomic mass is 35.5. The second kappa shape index (κ2) is 9.19. The molecular weight excluding hydrogens is 469 g/mol. The zero-order chi connectivity index (χ0) is 23.5. The number of halogens is 2. The van der Waals surface area contributed by atoms with Crippen molar-refractivity contribution in [1.29, 1.82) is 0 Å². The first-order valence-electron chi connectivity index (χ1n) is 9.33. The van der Waals surface area contributed by atoms with Gasteiger partial charge in [-0.05, 0) is 30.3 Å². The van der Waals surface area contributed by atoms with Gasteiger partial charge in [0.15, 0.2) is 0 Å². The molecule has 0 fully saturated rings. The van der Waals surface area contributed by atoms with Gasteiger partial charge in [0, 0.05) is 28.4 Å². The number of aliphatic imine (C=N–C) groups is 2. The fourth-order valence-electron chi connectivity index (χ4n) is 2.95. The Morgan fingerprint density at radius 2 is 1.67 bits per heavy atom. The van der Waals surface area contributed by atoms with Gasteiger partial charge in [-0.25, -0.2) is 9.98 Å². The van der Waals surface area contributed by atoms with Crippen molar-refractivity contribution in [2.45, 2.75) is 0 Å². The van der Waals surface area contributed by atoms with Gasteiger partial charge < -0.3 is 15.7 Å². The maximum absolute atomic E-state index is 12.8. The number of nitrogens with one attached hydrogen (secondary N) is 2. The van der Waals surface area contributed by atoms with Crippen LogP contribution in [0.3, 0.4) is 0 Å². The van der Waals surface area contributed by atoms with Crippen molar-refractivity contribution in [1.82, 2.24) is 4.98 Å². The van der Waals surface area contributed by atoms with Crippen LogP contribution in [-0.2, 0) is 4.79 Å². The minimum atomic E-state index is -0.661. The number of carbonyl (C=O) groups is 3. The fourth-order valence-corrected chi connectivity index (χ4v) is 3.28. The normalized spacial score (nSPS) is 12.4. The number of pyridine rings is 1. The van der Waals surface area contributed by atoms with Crippen LogP contribution in [0.5, 0.6) is 5.75 Å². The van der Waals surface area contributed by atoms with Gasteiger partial charge in [0.25, 0.3) is 17.7 Å². The summed E-state index contributed by atoms with van der Waals surface area (Å²) in [4.78, 5) is 48.7. The number of nitrogens with zero attached hydrogens (tertiary/aromatic N) is 3. The largest absolute Gasteiger partial charge is 0.506 e. The summed E-state index contributed by atoms with van der Waals surface area (Å²) >= 11 is 11.8. The predicted octanol–water partition coefficient (Wildman–Crippen LogP) is 3.96. The second-order valence-electron chi connectivity index (χ2n) is 6.72. The maximum atomic E-state index is 12.8. The van der Waals surface area contributed by atoms with Gasteiger partial charge in [-0.15, -0.1) is 0 Å². The maximum Gasteiger partial charge on any atom is 0.297 e. The number of phenols is 1. The number of hydrogen-bond acceptors (Lipinski definition) is 6. The number of benzene rings is 2. The average molecular weight is 482 g/mol. The lowest BCUT2D eigenvalue weighted by molar-refractivity contribution is -0.111. The van der Waals surface area contributed by atoms with Gasteiger partial charge in [0.2, 0.25) is 0 Å². The van der Waals surface area contributed by atoms with E-state index in [0.29, 0.717) is 10.6 Å². The molecular formula is C22H13Cl2N5O4. The van der Waals surface area contributed by atoms with Crippen molar-refractivity contribution < 1.29 is 19.5 Å². The number of anilines is 2. The van der Waals surface area contributed by atoms with E-state index in [0.717, 1.165) is 6.34 Å². The van der Waals surface area contributed by atoms with E-state index in [1.165, 1.54) is 36.5 Å². The molecule has 0 radical (unpaired) electrons. The molecule has 2 aromatic carbocycles. The Morgan fingerprint density at radius 1 is 0.909 bits per heavy atom. The minimum Gasteiger partial charge on any atom is -0.506 e. The van der Waals surface area contributed by atoms with Gasteiger partial charge in [0.05, 0.1) is 16.3 Å². The van der Waals surface area contributed by atoms with E-state index in [-0.39, 0.29) is 33.4 Å². The Bertz CT molecular complexity index is 1340. The Kier molecular flexibility index (Phi) is 6.16.